The van der Waals surface area contributed by atoms with Crippen LogP contribution < -0.4 is 15.2 Å². The Morgan fingerprint density at radius 1 is 1.10 bits per heavy atom. The van der Waals surface area contributed by atoms with Gasteiger partial charge in [-0.2, -0.15) is 0 Å². The molecule has 0 saturated heterocycles. The van der Waals surface area contributed by atoms with E-state index in [9.17, 15) is 4.79 Å². The highest BCUT2D eigenvalue weighted by atomic mass is 16.5. The summed E-state index contributed by atoms with van der Waals surface area (Å²) in [6.07, 6.45) is 0. The summed E-state index contributed by atoms with van der Waals surface area (Å²) in [7, 11) is 0. The number of ether oxygens (including phenoxy) is 3. The molecule has 2 N–H and O–H groups in total. The van der Waals surface area contributed by atoms with Crippen LogP contribution in [0.25, 0.3) is 0 Å². The second kappa shape index (κ2) is 8.43. The lowest BCUT2D eigenvalue weighted by Gasteiger charge is -2.17. The van der Waals surface area contributed by atoms with Gasteiger partial charge >= 0.3 is 5.97 Å². The van der Waals surface area contributed by atoms with E-state index in [-0.39, 0.29) is 12.5 Å². The van der Waals surface area contributed by atoms with Gasteiger partial charge in [0.05, 0.1) is 25.7 Å². The molecule has 0 spiro atoms. The molecule has 1 atom stereocenters. The molecule has 0 aromatic heterocycles. The molecule has 0 aliphatic rings. The molecular formula is C15H23NO4. The summed E-state index contributed by atoms with van der Waals surface area (Å²) in [5.41, 5.74) is 6.46. The average Bonchev–Trinajstić information content (AvgIpc) is 2.43. The van der Waals surface area contributed by atoms with Crippen LogP contribution in [-0.2, 0) is 9.53 Å². The molecule has 112 valence electrons. The van der Waals surface area contributed by atoms with Gasteiger partial charge in [-0.3, -0.25) is 4.79 Å². The van der Waals surface area contributed by atoms with Gasteiger partial charge in [0.1, 0.15) is 0 Å². The highest BCUT2D eigenvalue weighted by Gasteiger charge is 2.22. The van der Waals surface area contributed by atoms with E-state index in [2.05, 4.69) is 0 Å². The van der Waals surface area contributed by atoms with Crippen LogP contribution in [0.2, 0.25) is 0 Å². The number of nitrogens with two attached hydrogens (primary N) is 1. The maximum absolute atomic E-state index is 11.9. The zero-order chi connectivity index (χ0) is 15.0. The summed E-state index contributed by atoms with van der Waals surface area (Å²) in [5.74, 6) is 0.485. The van der Waals surface area contributed by atoms with Crippen molar-refractivity contribution >= 4 is 5.97 Å². The maximum Gasteiger partial charge on any atom is 0.314 e. The lowest BCUT2D eigenvalue weighted by Crippen LogP contribution is -2.23. The van der Waals surface area contributed by atoms with Crippen LogP contribution >= 0.6 is 0 Å². The van der Waals surface area contributed by atoms with Crippen LogP contribution in [0.1, 0.15) is 32.3 Å². The number of esters is 1. The van der Waals surface area contributed by atoms with Crippen molar-refractivity contribution in [3.63, 3.8) is 0 Å². The van der Waals surface area contributed by atoms with Crippen molar-refractivity contribution in [2.45, 2.75) is 26.7 Å². The summed E-state index contributed by atoms with van der Waals surface area (Å²) in [6.45, 7) is 7.19. The smallest absolute Gasteiger partial charge is 0.314 e. The predicted molar refractivity (Wildman–Crippen MR) is 77.2 cm³/mol. The first-order valence-corrected chi connectivity index (χ1v) is 6.94. The minimum absolute atomic E-state index is 0.193. The molecule has 0 bridgehead atoms. The first-order chi connectivity index (χ1) is 9.67. The molecule has 0 aliphatic carbocycles. The predicted octanol–water partition coefficient (Wildman–Crippen LogP) is 2.09. The second-order valence-corrected chi connectivity index (χ2v) is 4.11. The topological polar surface area (TPSA) is 70.8 Å². The second-order valence-electron chi connectivity index (χ2n) is 4.11. The molecular weight excluding hydrogens is 258 g/mol. The van der Waals surface area contributed by atoms with Gasteiger partial charge < -0.3 is 19.9 Å². The molecule has 1 rings (SSSR count). The number of carbonyl (C=O) groups excluding carboxylic acids is 1. The molecule has 5 nitrogen and oxygen atoms in total. The number of carbonyl (C=O) groups is 1. The summed E-state index contributed by atoms with van der Waals surface area (Å²) in [6, 6.07) is 5.41. The average molecular weight is 281 g/mol. The third-order valence-corrected chi connectivity index (χ3v) is 2.78. The molecule has 0 heterocycles. The fourth-order valence-corrected chi connectivity index (χ4v) is 1.90. The lowest BCUT2D eigenvalue weighted by molar-refractivity contribution is -0.144. The van der Waals surface area contributed by atoms with Gasteiger partial charge in [-0.1, -0.05) is 6.07 Å². The Bertz CT molecular complexity index is 434. The minimum Gasteiger partial charge on any atom is -0.490 e. The summed E-state index contributed by atoms with van der Waals surface area (Å²) in [4.78, 5) is 11.9. The monoisotopic (exact) mass is 281 g/mol. The van der Waals surface area contributed by atoms with Crippen LogP contribution in [-0.4, -0.2) is 32.3 Å². The van der Waals surface area contributed by atoms with Gasteiger partial charge in [0, 0.05) is 6.54 Å². The van der Waals surface area contributed by atoms with Crippen molar-refractivity contribution in [2.24, 2.45) is 5.73 Å². The molecule has 1 aromatic rings. The van der Waals surface area contributed by atoms with E-state index in [4.69, 9.17) is 19.9 Å². The Morgan fingerprint density at radius 3 is 2.30 bits per heavy atom. The summed E-state index contributed by atoms with van der Waals surface area (Å²) < 4.78 is 16.1. The Kier molecular flexibility index (Phi) is 6.87. The highest BCUT2D eigenvalue weighted by molar-refractivity contribution is 5.78. The number of benzene rings is 1. The van der Waals surface area contributed by atoms with Gasteiger partial charge in [-0.15, -0.1) is 0 Å². The summed E-state index contributed by atoms with van der Waals surface area (Å²) >= 11 is 0. The standard InChI is InChI=1S/C15H23NO4/c1-4-18-13-8-7-11(9-14(13)19-5-2)12(10-16)15(17)20-6-3/h7-9,12H,4-6,10,16H2,1-3H3. The molecule has 0 radical (unpaired) electrons. The van der Waals surface area contributed by atoms with Gasteiger partial charge in [0.15, 0.2) is 11.5 Å². The third-order valence-electron chi connectivity index (χ3n) is 2.78. The van der Waals surface area contributed by atoms with Crippen LogP contribution in [0.15, 0.2) is 18.2 Å². The molecule has 0 fully saturated rings. The fraction of sp³-hybridized carbons (Fsp3) is 0.533. The SMILES string of the molecule is CCOC(=O)C(CN)c1ccc(OCC)c(OCC)c1. The van der Waals surface area contributed by atoms with E-state index >= 15 is 0 Å². The Balaban J connectivity index is 3.04. The Morgan fingerprint density at radius 2 is 1.75 bits per heavy atom. The Hall–Kier alpha value is -1.75. The lowest BCUT2D eigenvalue weighted by atomic mass is 9.99. The quantitative estimate of drug-likeness (QED) is 0.739. The van der Waals surface area contributed by atoms with Crippen molar-refractivity contribution in [3.8, 4) is 11.5 Å². The fourth-order valence-electron chi connectivity index (χ4n) is 1.90. The molecule has 1 aromatic carbocycles. The van der Waals surface area contributed by atoms with Crippen LogP contribution in [0, 0.1) is 0 Å². The van der Waals surface area contributed by atoms with E-state index in [0.717, 1.165) is 5.56 Å². The van der Waals surface area contributed by atoms with E-state index in [0.29, 0.717) is 31.3 Å². The van der Waals surface area contributed by atoms with Crippen molar-refractivity contribution in [3.05, 3.63) is 23.8 Å². The van der Waals surface area contributed by atoms with Crippen molar-refractivity contribution < 1.29 is 19.0 Å². The van der Waals surface area contributed by atoms with E-state index < -0.39 is 5.92 Å². The van der Waals surface area contributed by atoms with Crippen LogP contribution in [0.4, 0.5) is 0 Å². The van der Waals surface area contributed by atoms with E-state index in [1.54, 1.807) is 19.1 Å². The minimum atomic E-state index is -0.482. The molecule has 0 amide bonds. The first-order valence-electron chi connectivity index (χ1n) is 6.94. The molecule has 20 heavy (non-hydrogen) atoms. The van der Waals surface area contributed by atoms with E-state index in [1.807, 2.05) is 19.9 Å². The third kappa shape index (κ3) is 4.13. The molecule has 0 aliphatic heterocycles. The Labute approximate surface area is 120 Å². The zero-order valence-corrected chi connectivity index (χ0v) is 12.3. The highest BCUT2D eigenvalue weighted by Crippen LogP contribution is 2.31. The summed E-state index contributed by atoms with van der Waals surface area (Å²) in [5, 5.41) is 0. The number of hydrogen-bond acceptors (Lipinski definition) is 5. The normalized spacial score (nSPS) is 11.8. The largest absolute Gasteiger partial charge is 0.490 e. The van der Waals surface area contributed by atoms with Gasteiger partial charge in [0.2, 0.25) is 0 Å². The number of hydrogen-bond donors (Lipinski definition) is 1. The zero-order valence-electron chi connectivity index (χ0n) is 12.3. The molecule has 0 saturated carbocycles. The van der Waals surface area contributed by atoms with Crippen molar-refractivity contribution in [1.82, 2.24) is 0 Å². The van der Waals surface area contributed by atoms with Crippen molar-refractivity contribution in [1.29, 1.82) is 0 Å². The van der Waals surface area contributed by atoms with Crippen LogP contribution in [0.5, 0.6) is 11.5 Å². The maximum atomic E-state index is 11.9. The van der Waals surface area contributed by atoms with E-state index in [1.165, 1.54) is 0 Å². The number of rotatable bonds is 8. The van der Waals surface area contributed by atoms with Gasteiger partial charge in [0.25, 0.3) is 0 Å². The molecule has 1 unspecified atom stereocenters. The van der Waals surface area contributed by atoms with Crippen molar-refractivity contribution in [2.75, 3.05) is 26.4 Å². The van der Waals surface area contributed by atoms with Gasteiger partial charge in [-0.05, 0) is 38.5 Å². The molecule has 5 heteroatoms. The van der Waals surface area contributed by atoms with Gasteiger partial charge in [-0.25, -0.2) is 0 Å². The first kappa shape index (κ1) is 16.3. The van der Waals surface area contributed by atoms with Crippen LogP contribution in [0.3, 0.4) is 0 Å².